The van der Waals surface area contributed by atoms with Crippen LogP contribution in [0, 0.1) is 11.3 Å². The molecule has 23 heavy (non-hydrogen) atoms. The molecular weight excluding hydrogens is 376 g/mol. The van der Waals surface area contributed by atoms with Gasteiger partial charge in [0, 0.05) is 16.1 Å². The first-order valence-corrected chi connectivity index (χ1v) is 10.5. The fourth-order valence-corrected chi connectivity index (χ4v) is 5.13. The van der Waals surface area contributed by atoms with Gasteiger partial charge in [-0.15, -0.1) is 0 Å². The molecule has 2 aliphatic carbocycles. The third kappa shape index (κ3) is 3.63. The van der Waals surface area contributed by atoms with Crippen LogP contribution in [0.2, 0.25) is 0 Å². The maximum atomic E-state index is 12.4. The van der Waals surface area contributed by atoms with Gasteiger partial charge in [0.2, 0.25) is 0 Å². The molecule has 0 amide bonds. The number of benzene rings is 1. The Morgan fingerprint density at radius 2 is 1.87 bits per heavy atom. The highest BCUT2D eigenvalue weighted by Gasteiger charge is 2.42. The fraction of sp³-hybridized carbons (Fsp3) is 0.588. The van der Waals surface area contributed by atoms with E-state index >= 15 is 0 Å². The zero-order valence-corrected chi connectivity index (χ0v) is 15.8. The number of fused-ring (bicyclic) bond motifs is 1. The first kappa shape index (κ1) is 17.0. The van der Waals surface area contributed by atoms with Crippen molar-refractivity contribution in [1.82, 2.24) is 4.83 Å². The summed E-state index contributed by atoms with van der Waals surface area (Å²) in [6, 6.07) is 6.61. The summed E-state index contributed by atoms with van der Waals surface area (Å²) in [6.07, 6.45) is 8.04. The average Bonchev–Trinajstić information content (AvgIpc) is 2.82. The van der Waals surface area contributed by atoms with E-state index in [9.17, 15) is 8.42 Å². The molecular formula is C17H23BrN2O2S. The zero-order chi connectivity index (χ0) is 16.5. The number of halogens is 1. The number of sulfonamides is 1. The summed E-state index contributed by atoms with van der Waals surface area (Å²) in [5, 5.41) is 4.37. The highest BCUT2D eigenvalue weighted by Crippen LogP contribution is 2.49. The van der Waals surface area contributed by atoms with E-state index in [1.54, 1.807) is 24.3 Å². The van der Waals surface area contributed by atoms with Crippen molar-refractivity contribution >= 4 is 31.7 Å². The van der Waals surface area contributed by atoms with Crippen molar-refractivity contribution in [2.45, 2.75) is 56.8 Å². The number of hydrazone groups is 1. The summed E-state index contributed by atoms with van der Waals surface area (Å²) in [4.78, 5) is 2.71. The molecule has 126 valence electrons. The van der Waals surface area contributed by atoms with Crippen LogP contribution in [0.25, 0.3) is 0 Å². The first-order valence-electron chi connectivity index (χ1n) is 8.25. The second kappa shape index (κ2) is 6.55. The molecule has 4 nitrogen and oxygen atoms in total. The molecule has 0 radical (unpaired) electrons. The molecule has 2 aliphatic rings. The molecule has 0 saturated heterocycles. The van der Waals surface area contributed by atoms with Crippen molar-refractivity contribution < 1.29 is 8.42 Å². The molecule has 2 saturated carbocycles. The van der Waals surface area contributed by atoms with E-state index in [4.69, 9.17) is 0 Å². The van der Waals surface area contributed by atoms with Crippen molar-refractivity contribution in [2.75, 3.05) is 0 Å². The lowest BCUT2D eigenvalue weighted by atomic mass is 9.75. The molecule has 2 fully saturated rings. The lowest BCUT2D eigenvalue weighted by Crippen LogP contribution is -2.29. The quantitative estimate of drug-likeness (QED) is 0.763. The van der Waals surface area contributed by atoms with Gasteiger partial charge in [-0.05, 0) is 61.8 Å². The third-order valence-corrected chi connectivity index (χ3v) is 7.10. The monoisotopic (exact) mass is 398 g/mol. The molecule has 0 heterocycles. The van der Waals surface area contributed by atoms with Crippen molar-refractivity contribution in [2.24, 2.45) is 16.4 Å². The lowest BCUT2D eigenvalue weighted by Gasteiger charge is -2.30. The Balaban J connectivity index is 1.81. The number of rotatable bonds is 3. The number of nitrogens with zero attached hydrogens (tertiary/aromatic N) is 1. The molecule has 0 spiro atoms. The van der Waals surface area contributed by atoms with Crippen molar-refractivity contribution in [1.29, 1.82) is 0 Å². The Hall–Kier alpha value is -0.880. The highest BCUT2D eigenvalue weighted by atomic mass is 79.9. The summed E-state index contributed by atoms with van der Waals surface area (Å²) in [7, 11) is -3.60. The Morgan fingerprint density at radius 3 is 2.61 bits per heavy atom. The van der Waals surface area contributed by atoms with E-state index in [-0.39, 0.29) is 4.90 Å². The van der Waals surface area contributed by atoms with Crippen LogP contribution in [0.3, 0.4) is 0 Å². The first-order chi connectivity index (χ1) is 10.9. The van der Waals surface area contributed by atoms with Crippen molar-refractivity contribution in [3.63, 3.8) is 0 Å². The fourth-order valence-electron chi connectivity index (χ4n) is 4.03. The van der Waals surface area contributed by atoms with Gasteiger partial charge in [0.15, 0.2) is 0 Å². The minimum absolute atomic E-state index is 0.243. The topological polar surface area (TPSA) is 58.5 Å². The predicted molar refractivity (Wildman–Crippen MR) is 95.8 cm³/mol. The van der Waals surface area contributed by atoms with Crippen LogP contribution >= 0.6 is 15.9 Å². The molecule has 2 unspecified atom stereocenters. The van der Waals surface area contributed by atoms with Gasteiger partial charge in [0.25, 0.3) is 10.0 Å². The maximum Gasteiger partial charge on any atom is 0.276 e. The predicted octanol–water partition coefficient (Wildman–Crippen LogP) is 4.46. The van der Waals surface area contributed by atoms with E-state index < -0.39 is 10.0 Å². The van der Waals surface area contributed by atoms with E-state index in [0.717, 1.165) is 29.4 Å². The van der Waals surface area contributed by atoms with Gasteiger partial charge >= 0.3 is 0 Å². The van der Waals surface area contributed by atoms with Crippen LogP contribution < -0.4 is 4.83 Å². The van der Waals surface area contributed by atoms with Crippen molar-refractivity contribution in [3.05, 3.63) is 28.7 Å². The lowest BCUT2D eigenvalue weighted by molar-refractivity contribution is 0.263. The Labute approximate surface area is 146 Å². The van der Waals surface area contributed by atoms with Crippen LogP contribution in [-0.4, -0.2) is 14.1 Å². The van der Waals surface area contributed by atoms with Crippen LogP contribution in [0.1, 0.15) is 51.9 Å². The van der Waals surface area contributed by atoms with Gasteiger partial charge in [-0.3, -0.25) is 0 Å². The van der Waals surface area contributed by atoms with Crippen LogP contribution in [0.5, 0.6) is 0 Å². The minimum Gasteiger partial charge on any atom is -0.200 e. The minimum atomic E-state index is -3.60. The van der Waals surface area contributed by atoms with Gasteiger partial charge < -0.3 is 0 Å². The normalized spacial score (nSPS) is 30.0. The van der Waals surface area contributed by atoms with E-state index in [1.165, 1.54) is 25.7 Å². The van der Waals surface area contributed by atoms with Gasteiger partial charge in [0.1, 0.15) is 0 Å². The molecule has 2 atom stereocenters. The van der Waals surface area contributed by atoms with Gasteiger partial charge in [-0.2, -0.15) is 13.5 Å². The van der Waals surface area contributed by atoms with E-state index in [0.29, 0.717) is 11.3 Å². The summed E-state index contributed by atoms with van der Waals surface area (Å²) in [6.45, 7) is 2.34. The van der Waals surface area contributed by atoms with Crippen molar-refractivity contribution in [3.8, 4) is 0 Å². The van der Waals surface area contributed by atoms with Gasteiger partial charge in [-0.25, -0.2) is 4.83 Å². The summed E-state index contributed by atoms with van der Waals surface area (Å²) < 4.78 is 25.7. The summed E-state index contributed by atoms with van der Waals surface area (Å²) in [5.74, 6) is 0.428. The second-order valence-corrected chi connectivity index (χ2v) is 9.53. The number of nitrogens with one attached hydrogen (secondary N) is 1. The molecule has 1 aromatic carbocycles. The molecule has 6 heteroatoms. The Morgan fingerprint density at radius 1 is 1.17 bits per heavy atom. The SMILES string of the molecule is CC12CCCC/C(=N\NS(=O)(=O)c3ccc(Br)cc3)C1CCC2. The van der Waals surface area contributed by atoms with Crippen LogP contribution in [0.15, 0.2) is 38.7 Å². The van der Waals surface area contributed by atoms with E-state index in [2.05, 4.69) is 32.8 Å². The Kier molecular flexibility index (Phi) is 4.83. The number of hydrogen-bond acceptors (Lipinski definition) is 3. The van der Waals surface area contributed by atoms with Crippen LogP contribution in [0.4, 0.5) is 0 Å². The summed E-state index contributed by atoms with van der Waals surface area (Å²) in [5.41, 5.74) is 1.35. The molecule has 0 aromatic heterocycles. The zero-order valence-electron chi connectivity index (χ0n) is 13.4. The van der Waals surface area contributed by atoms with E-state index in [1.807, 2.05) is 0 Å². The molecule has 0 aliphatic heterocycles. The molecule has 0 bridgehead atoms. The van der Waals surface area contributed by atoms with Gasteiger partial charge in [0.05, 0.1) is 4.90 Å². The smallest absolute Gasteiger partial charge is 0.200 e. The third-order valence-electron chi connectivity index (χ3n) is 5.35. The summed E-state index contributed by atoms with van der Waals surface area (Å²) >= 11 is 3.32. The number of hydrogen-bond donors (Lipinski definition) is 1. The Bertz CT molecular complexity index is 700. The average molecular weight is 399 g/mol. The standard InChI is InChI=1S/C17H23BrN2O2S/c1-17-11-3-2-6-16(15(17)5-4-12-17)19-20-23(21,22)14-9-7-13(18)8-10-14/h7-10,15,20H,2-6,11-12H2,1H3/b19-16+. The largest absolute Gasteiger partial charge is 0.276 e. The molecule has 3 rings (SSSR count). The maximum absolute atomic E-state index is 12.4. The second-order valence-electron chi connectivity index (χ2n) is 6.96. The molecule has 1 N–H and O–H groups in total. The van der Waals surface area contributed by atoms with Crippen LogP contribution in [-0.2, 0) is 10.0 Å². The highest BCUT2D eigenvalue weighted by molar-refractivity contribution is 9.10. The van der Waals surface area contributed by atoms with Gasteiger partial charge in [-0.1, -0.05) is 35.7 Å². The molecule has 1 aromatic rings.